The maximum atomic E-state index is 12.6. The van der Waals surface area contributed by atoms with Crippen molar-refractivity contribution in [3.8, 4) is 0 Å². The number of carbonyl (C=O) groups excluding carboxylic acids is 1. The number of carboxylic acids is 1. The maximum Gasteiger partial charge on any atom is 0.307 e. The molecule has 3 fully saturated rings. The number of aliphatic carboxylic acids is 1. The Morgan fingerprint density at radius 1 is 1.00 bits per heavy atom. The average Bonchev–Trinajstić information content (AvgIpc) is 3.16. The van der Waals surface area contributed by atoms with Gasteiger partial charge in [-0.15, -0.1) is 0 Å². The third-order valence-electron chi connectivity index (χ3n) is 6.11. The van der Waals surface area contributed by atoms with Crippen LogP contribution in [0, 0.1) is 35.5 Å². The topological polar surface area (TPSA) is 66.4 Å². The lowest BCUT2D eigenvalue weighted by molar-refractivity contribution is -0.148. The standard InChI is InChI=1S/C16H21NO3/c18-15(17-12-6-8-1-2-9(12)5-8)13-10-3-4-11(7-10)14(13)16(19)20/h3-4,8-14H,1-2,5-7H2,(H,17,18)(H,19,20)/t8-,9-,10-,11+,12-,13+,14+/m1/s1. The zero-order chi connectivity index (χ0) is 13.9. The lowest BCUT2D eigenvalue weighted by Crippen LogP contribution is -2.46. The number of carboxylic acid groups (broad SMARTS) is 1. The number of carbonyl (C=O) groups is 2. The number of nitrogens with one attached hydrogen (secondary N) is 1. The fraction of sp³-hybridized carbons (Fsp3) is 0.750. The van der Waals surface area contributed by atoms with E-state index in [2.05, 4.69) is 11.4 Å². The van der Waals surface area contributed by atoms with Crippen molar-refractivity contribution in [1.82, 2.24) is 5.32 Å². The molecule has 4 aliphatic carbocycles. The molecule has 1 amide bonds. The molecule has 4 bridgehead atoms. The van der Waals surface area contributed by atoms with Crippen molar-refractivity contribution < 1.29 is 14.7 Å². The number of allylic oxidation sites excluding steroid dienone is 2. The molecule has 0 aromatic heterocycles. The van der Waals surface area contributed by atoms with E-state index in [1.165, 1.54) is 19.3 Å². The van der Waals surface area contributed by atoms with Gasteiger partial charge in [0.15, 0.2) is 0 Å². The molecule has 0 aromatic carbocycles. The molecule has 4 heteroatoms. The third-order valence-corrected chi connectivity index (χ3v) is 6.11. The van der Waals surface area contributed by atoms with Crippen LogP contribution in [0.4, 0.5) is 0 Å². The van der Waals surface area contributed by atoms with Crippen LogP contribution in [0.3, 0.4) is 0 Å². The highest BCUT2D eigenvalue weighted by molar-refractivity contribution is 5.87. The van der Waals surface area contributed by atoms with E-state index in [-0.39, 0.29) is 23.7 Å². The van der Waals surface area contributed by atoms with Crippen LogP contribution >= 0.6 is 0 Å². The molecule has 0 unspecified atom stereocenters. The zero-order valence-corrected chi connectivity index (χ0v) is 11.5. The van der Waals surface area contributed by atoms with Gasteiger partial charge in [-0.3, -0.25) is 9.59 Å². The van der Waals surface area contributed by atoms with Gasteiger partial charge >= 0.3 is 5.97 Å². The lowest BCUT2D eigenvalue weighted by atomic mass is 9.82. The Kier molecular flexibility index (Phi) is 2.69. The minimum absolute atomic E-state index is 0.00759. The van der Waals surface area contributed by atoms with Crippen LogP contribution in [0.15, 0.2) is 12.2 Å². The van der Waals surface area contributed by atoms with Crippen LogP contribution in [0.5, 0.6) is 0 Å². The first-order chi connectivity index (χ1) is 9.63. The first kappa shape index (κ1) is 12.4. The van der Waals surface area contributed by atoms with Gasteiger partial charge in [-0.05, 0) is 49.4 Å². The molecule has 0 radical (unpaired) electrons. The Bertz CT molecular complexity index is 486. The van der Waals surface area contributed by atoms with Crippen LogP contribution in [0.1, 0.15) is 32.1 Å². The molecule has 4 aliphatic rings. The van der Waals surface area contributed by atoms with E-state index in [1.807, 2.05) is 6.08 Å². The quantitative estimate of drug-likeness (QED) is 0.772. The van der Waals surface area contributed by atoms with Gasteiger partial charge in [-0.25, -0.2) is 0 Å². The summed E-state index contributed by atoms with van der Waals surface area (Å²) in [6.45, 7) is 0. The molecule has 20 heavy (non-hydrogen) atoms. The van der Waals surface area contributed by atoms with Gasteiger partial charge in [-0.2, -0.15) is 0 Å². The van der Waals surface area contributed by atoms with Gasteiger partial charge in [0, 0.05) is 6.04 Å². The first-order valence-corrected chi connectivity index (χ1v) is 7.85. The second-order valence-corrected chi connectivity index (χ2v) is 7.13. The van der Waals surface area contributed by atoms with Gasteiger partial charge in [0.1, 0.15) is 0 Å². The summed E-state index contributed by atoms with van der Waals surface area (Å²) in [5.41, 5.74) is 0. The largest absolute Gasteiger partial charge is 0.481 e. The smallest absolute Gasteiger partial charge is 0.307 e. The molecule has 0 heterocycles. The Hall–Kier alpha value is -1.32. The molecule has 0 aliphatic heterocycles. The summed E-state index contributed by atoms with van der Waals surface area (Å²) >= 11 is 0. The molecule has 0 aromatic rings. The molecular formula is C16H21NO3. The Balaban J connectivity index is 1.48. The van der Waals surface area contributed by atoms with Crippen molar-refractivity contribution in [2.75, 3.05) is 0 Å². The van der Waals surface area contributed by atoms with Crippen molar-refractivity contribution in [2.24, 2.45) is 35.5 Å². The van der Waals surface area contributed by atoms with Gasteiger partial charge in [0.2, 0.25) is 5.91 Å². The summed E-state index contributed by atoms with van der Waals surface area (Å²) in [4.78, 5) is 24.0. The molecule has 3 saturated carbocycles. The second kappa shape index (κ2) is 4.34. The van der Waals surface area contributed by atoms with Gasteiger partial charge in [-0.1, -0.05) is 18.6 Å². The van der Waals surface area contributed by atoms with Crippen molar-refractivity contribution >= 4 is 11.9 Å². The zero-order valence-electron chi connectivity index (χ0n) is 11.5. The monoisotopic (exact) mass is 275 g/mol. The van der Waals surface area contributed by atoms with E-state index in [9.17, 15) is 14.7 Å². The number of rotatable bonds is 3. The van der Waals surface area contributed by atoms with E-state index in [0.29, 0.717) is 12.0 Å². The van der Waals surface area contributed by atoms with Crippen molar-refractivity contribution in [3.63, 3.8) is 0 Å². The molecule has 108 valence electrons. The predicted octanol–water partition coefficient (Wildman–Crippen LogP) is 1.81. The van der Waals surface area contributed by atoms with Crippen molar-refractivity contribution in [3.05, 3.63) is 12.2 Å². The summed E-state index contributed by atoms with van der Waals surface area (Å²) in [6, 6.07) is 0.304. The third kappa shape index (κ3) is 1.73. The summed E-state index contributed by atoms with van der Waals surface area (Å²) < 4.78 is 0. The minimum atomic E-state index is -0.810. The van der Waals surface area contributed by atoms with E-state index in [0.717, 1.165) is 18.8 Å². The van der Waals surface area contributed by atoms with Crippen LogP contribution in [0.2, 0.25) is 0 Å². The van der Waals surface area contributed by atoms with Crippen LogP contribution in [0.25, 0.3) is 0 Å². The number of amides is 1. The lowest BCUT2D eigenvalue weighted by Gasteiger charge is -2.28. The first-order valence-electron chi connectivity index (χ1n) is 7.85. The highest BCUT2D eigenvalue weighted by Crippen LogP contribution is 2.49. The van der Waals surface area contributed by atoms with E-state index in [4.69, 9.17) is 0 Å². The predicted molar refractivity (Wildman–Crippen MR) is 72.7 cm³/mol. The highest BCUT2D eigenvalue weighted by atomic mass is 16.4. The number of hydrogen-bond donors (Lipinski definition) is 2. The molecule has 0 spiro atoms. The molecule has 4 nitrogen and oxygen atoms in total. The summed E-state index contributed by atoms with van der Waals surface area (Å²) in [7, 11) is 0. The Morgan fingerprint density at radius 2 is 1.75 bits per heavy atom. The minimum Gasteiger partial charge on any atom is -0.481 e. The van der Waals surface area contributed by atoms with Crippen molar-refractivity contribution in [2.45, 2.75) is 38.1 Å². The van der Waals surface area contributed by atoms with Crippen LogP contribution in [-0.2, 0) is 9.59 Å². The van der Waals surface area contributed by atoms with E-state index in [1.54, 1.807) is 0 Å². The molecular weight excluding hydrogens is 254 g/mol. The molecule has 0 saturated heterocycles. The van der Waals surface area contributed by atoms with Crippen LogP contribution < -0.4 is 5.32 Å². The SMILES string of the molecule is O=C(N[C@@H]1C[C@@H]2CC[C@@H]1C2)[C@@H]1[C@@H](C(=O)O)[C@H]2C=C[C@@H]1C2. The molecule has 7 atom stereocenters. The summed E-state index contributed by atoms with van der Waals surface area (Å²) in [5.74, 6) is -0.0400. The van der Waals surface area contributed by atoms with Gasteiger partial charge in [0.05, 0.1) is 11.8 Å². The molecule has 2 N–H and O–H groups in total. The fourth-order valence-electron chi connectivity index (χ4n) is 5.22. The highest BCUT2D eigenvalue weighted by Gasteiger charge is 2.52. The molecule has 4 rings (SSSR count). The Labute approximate surface area is 118 Å². The normalized spacial score (nSPS) is 47.9. The second-order valence-electron chi connectivity index (χ2n) is 7.13. The van der Waals surface area contributed by atoms with E-state index >= 15 is 0 Å². The van der Waals surface area contributed by atoms with Crippen molar-refractivity contribution in [1.29, 1.82) is 0 Å². The maximum absolute atomic E-state index is 12.6. The summed E-state index contributed by atoms with van der Waals surface area (Å²) in [5, 5.41) is 12.6. The van der Waals surface area contributed by atoms with Gasteiger partial charge in [0.25, 0.3) is 0 Å². The average molecular weight is 275 g/mol. The van der Waals surface area contributed by atoms with Crippen LogP contribution in [-0.4, -0.2) is 23.0 Å². The number of hydrogen-bond acceptors (Lipinski definition) is 2. The fourth-order valence-corrected chi connectivity index (χ4v) is 5.22. The van der Waals surface area contributed by atoms with E-state index < -0.39 is 11.9 Å². The Morgan fingerprint density at radius 3 is 2.35 bits per heavy atom. The number of fused-ring (bicyclic) bond motifs is 4. The van der Waals surface area contributed by atoms with Gasteiger partial charge < -0.3 is 10.4 Å². The summed E-state index contributed by atoms with van der Waals surface area (Å²) in [6.07, 6.45) is 9.78.